The first-order valence-electron chi connectivity index (χ1n) is 4.07. The Bertz CT molecular complexity index is 138. The van der Waals surface area contributed by atoms with Crippen LogP contribution in [-0.4, -0.2) is 12.5 Å². The van der Waals surface area contributed by atoms with E-state index < -0.39 is 0 Å². The molecule has 1 amide bonds. The van der Waals surface area contributed by atoms with Crippen LogP contribution in [0.25, 0.3) is 0 Å². The first-order chi connectivity index (χ1) is 5.18. The molecule has 2 heteroatoms. The Morgan fingerprint density at radius 2 is 2.18 bits per heavy atom. The Kier molecular flexibility index (Phi) is 5.53. The van der Waals surface area contributed by atoms with Gasteiger partial charge in [0, 0.05) is 12.5 Å². The number of allylic oxidation sites excluding steroid dienone is 1. The summed E-state index contributed by atoms with van der Waals surface area (Å²) in [5.41, 5.74) is 0. The minimum Gasteiger partial charge on any atom is -0.356 e. The van der Waals surface area contributed by atoms with Gasteiger partial charge >= 0.3 is 0 Å². The number of hydrogen-bond acceptors (Lipinski definition) is 1. The van der Waals surface area contributed by atoms with Crippen LogP contribution in [0.2, 0.25) is 0 Å². The van der Waals surface area contributed by atoms with Gasteiger partial charge < -0.3 is 5.32 Å². The Balaban J connectivity index is 3.32. The van der Waals surface area contributed by atoms with Crippen molar-refractivity contribution in [3.05, 3.63) is 12.2 Å². The van der Waals surface area contributed by atoms with Crippen molar-refractivity contribution < 1.29 is 4.79 Å². The second kappa shape index (κ2) is 5.96. The van der Waals surface area contributed by atoms with Crippen molar-refractivity contribution in [3.63, 3.8) is 0 Å². The zero-order valence-corrected chi connectivity index (χ0v) is 7.55. The van der Waals surface area contributed by atoms with Gasteiger partial charge in [-0.25, -0.2) is 0 Å². The molecule has 0 rings (SSSR count). The van der Waals surface area contributed by atoms with E-state index in [1.807, 2.05) is 32.9 Å². The van der Waals surface area contributed by atoms with Crippen molar-refractivity contribution in [2.45, 2.75) is 27.2 Å². The molecule has 0 saturated carbocycles. The van der Waals surface area contributed by atoms with Crippen LogP contribution in [0.15, 0.2) is 12.2 Å². The number of carbonyl (C=O) groups excluding carboxylic acids is 1. The normalized spacial score (nSPS) is 10.9. The number of hydrogen-bond donors (Lipinski definition) is 1. The molecule has 0 atom stereocenters. The van der Waals surface area contributed by atoms with E-state index in [9.17, 15) is 4.79 Å². The maximum atomic E-state index is 11.0. The highest BCUT2D eigenvalue weighted by Gasteiger charge is 2.03. The third-order valence-electron chi connectivity index (χ3n) is 1.37. The van der Waals surface area contributed by atoms with E-state index in [-0.39, 0.29) is 11.8 Å². The first-order valence-corrected chi connectivity index (χ1v) is 4.07. The fourth-order valence-electron chi connectivity index (χ4n) is 0.649. The molecule has 64 valence electrons. The Hall–Kier alpha value is -0.790. The summed E-state index contributed by atoms with van der Waals surface area (Å²) in [7, 11) is 0. The van der Waals surface area contributed by atoms with Gasteiger partial charge in [-0.1, -0.05) is 26.0 Å². The van der Waals surface area contributed by atoms with Crippen molar-refractivity contribution >= 4 is 5.91 Å². The van der Waals surface area contributed by atoms with E-state index in [1.165, 1.54) is 0 Å². The molecule has 11 heavy (non-hydrogen) atoms. The summed E-state index contributed by atoms with van der Waals surface area (Å²) in [6.45, 7) is 6.52. The fraction of sp³-hybridized carbons (Fsp3) is 0.667. The SMILES string of the molecule is C/C=C/CCNC(=O)C(C)C. The lowest BCUT2D eigenvalue weighted by Crippen LogP contribution is -2.28. The molecule has 0 heterocycles. The molecule has 0 aliphatic rings. The van der Waals surface area contributed by atoms with E-state index in [1.54, 1.807) is 0 Å². The molecule has 0 fully saturated rings. The summed E-state index contributed by atoms with van der Waals surface area (Å²) in [6, 6.07) is 0. The van der Waals surface area contributed by atoms with Gasteiger partial charge in [0.15, 0.2) is 0 Å². The third kappa shape index (κ3) is 5.64. The van der Waals surface area contributed by atoms with Crippen LogP contribution in [0.1, 0.15) is 27.2 Å². The highest BCUT2D eigenvalue weighted by Crippen LogP contribution is 1.90. The van der Waals surface area contributed by atoms with E-state index in [2.05, 4.69) is 5.32 Å². The van der Waals surface area contributed by atoms with E-state index in [0.29, 0.717) is 0 Å². The maximum Gasteiger partial charge on any atom is 0.222 e. The van der Waals surface area contributed by atoms with Crippen molar-refractivity contribution in [1.82, 2.24) is 5.32 Å². The van der Waals surface area contributed by atoms with Gasteiger partial charge in [-0.05, 0) is 13.3 Å². The van der Waals surface area contributed by atoms with Gasteiger partial charge in [0.1, 0.15) is 0 Å². The summed E-state index contributed by atoms with van der Waals surface area (Å²) >= 11 is 0. The van der Waals surface area contributed by atoms with Crippen LogP contribution < -0.4 is 5.32 Å². The third-order valence-corrected chi connectivity index (χ3v) is 1.37. The molecule has 1 N–H and O–H groups in total. The average molecular weight is 155 g/mol. The smallest absolute Gasteiger partial charge is 0.222 e. The Morgan fingerprint density at radius 1 is 1.55 bits per heavy atom. The minimum absolute atomic E-state index is 0.0978. The van der Waals surface area contributed by atoms with Crippen molar-refractivity contribution in [2.75, 3.05) is 6.54 Å². The van der Waals surface area contributed by atoms with Gasteiger partial charge in [-0.15, -0.1) is 0 Å². The van der Waals surface area contributed by atoms with Gasteiger partial charge in [-0.3, -0.25) is 4.79 Å². The minimum atomic E-state index is 0.0978. The highest BCUT2D eigenvalue weighted by atomic mass is 16.1. The number of nitrogens with one attached hydrogen (secondary N) is 1. The predicted molar refractivity (Wildman–Crippen MR) is 47.3 cm³/mol. The van der Waals surface area contributed by atoms with E-state index >= 15 is 0 Å². The lowest BCUT2D eigenvalue weighted by atomic mass is 10.2. The van der Waals surface area contributed by atoms with Crippen molar-refractivity contribution in [3.8, 4) is 0 Å². The van der Waals surface area contributed by atoms with Crippen molar-refractivity contribution in [1.29, 1.82) is 0 Å². The Labute approximate surface area is 68.7 Å². The predicted octanol–water partition coefficient (Wildman–Crippen LogP) is 1.72. The molecule has 0 aromatic heterocycles. The molecule has 0 aliphatic heterocycles. The highest BCUT2D eigenvalue weighted by molar-refractivity contribution is 5.77. The lowest BCUT2D eigenvalue weighted by Gasteiger charge is -2.04. The summed E-state index contributed by atoms with van der Waals surface area (Å²) in [6.07, 6.45) is 4.96. The largest absolute Gasteiger partial charge is 0.356 e. The van der Waals surface area contributed by atoms with Crippen LogP contribution in [0.3, 0.4) is 0 Å². The summed E-state index contributed by atoms with van der Waals surface area (Å²) in [5, 5.41) is 2.83. The quantitative estimate of drug-likeness (QED) is 0.486. The molecular weight excluding hydrogens is 138 g/mol. The summed E-state index contributed by atoms with van der Waals surface area (Å²) < 4.78 is 0. The first kappa shape index (κ1) is 10.2. The van der Waals surface area contributed by atoms with Crippen LogP contribution >= 0.6 is 0 Å². The molecular formula is C9H17NO. The molecule has 0 aliphatic carbocycles. The molecule has 0 bridgehead atoms. The Morgan fingerprint density at radius 3 is 2.64 bits per heavy atom. The second-order valence-corrected chi connectivity index (χ2v) is 2.80. The molecule has 0 aromatic rings. The molecule has 0 radical (unpaired) electrons. The van der Waals surface area contributed by atoms with Crippen molar-refractivity contribution in [2.24, 2.45) is 5.92 Å². The molecule has 0 aromatic carbocycles. The van der Waals surface area contributed by atoms with Gasteiger partial charge in [0.25, 0.3) is 0 Å². The topological polar surface area (TPSA) is 29.1 Å². The molecule has 0 saturated heterocycles. The summed E-state index contributed by atoms with van der Waals surface area (Å²) in [4.78, 5) is 11.0. The second-order valence-electron chi connectivity index (χ2n) is 2.80. The zero-order chi connectivity index (χ0) is 8.69. The van der Waals surface area contributed by atoms with E-state index in [4.69, 9.17) is 0 Å². The molecule has 0 unspecified atom stereocenters. The standard InChI is InChI=1S/C9H17NO/c1-4-5-6-7-10-9(11)8(2)3/h4-5,8H,6-7H2,1-3H3,(H,10,11)/b5-4+. The lowest BCUT2D eigenvalue weighted by molar-refractivity contribution is -0.123. The van der Waals surface area contributed by atoms with Gasteiger partial charge in [0.2, 0.25) is 5.91 Å². The van der Waals surface area contributed by atoms with Gasteiger partial charge in [0.05, 0.1) is 0 Å². The van der Waals surface area contributed by atoms with Gasteiger partial charge in [-0.2, -0.15) is 0 Å². The number of rotatable bonds is 4. The van der Waals surface area contributed by atoms with Crippen LogP contribution in [0.4, 0.5) is 0 Å². The maximum absolute atomic E-state index is 11.0. The van der Waals surface area contributed by atoms with Crippen LogP contribution in [0, 0.1) is 5.92 Å². The fourth-order valence-corrected chi connectivity index (χ4v) is 0.649. The molecule has 0 spiro atoms. The number of carbonyl (C=O) groups is 1. The zero-order valence-electron chi connectivity index (χ0n) is 7.55. The molecule has 2 nitrogen and oxygen atoms in total. The van der Waals surface area contributed by atoms with E-state index in [0.717, 1.165) is 13.0 Å². The van der Waals surface area contributed by atoms with Crippen LogP contribution in [0.5, 0.6) is 0 Å². The van der Waals surface area contributed by atoms with Crippen LogP contribution in [-0.2, 0) is 4.79 Å². The average Bonchev–Trinajstić information content (AvgIpc) is 1.97. The monoisotopic (exact) mass is 155 g/mol. The number of amides is 1. The summed E-state index contributed by atoms with van der Waals surface area (Å²) in [5.74, 6) is 0.232.